The van der Waals surface area contributed by atoms with Gasteiger partial charge in [-0.2, -0.15) is 0 Å². The Morgan fingerprint density at radius 1 is 1.32 bits per heavy atom. The minimum absolute atomic E-state index is 0.0801. The Hall–Kier alpha value is -3.40. The fourth-order valence-corrected chi connectivity index (χ4v) is 4.35. The monoisotopic (exact) mass is 484 g/mol. The molecule has 2 aromatic heterocycles. The smallest absolute Gasteiger partial charge is 0.330 e. The summed E-state index contributed by atoms with van der Waals surface area (Å²) in [6, 6.07) is 7.47. The van der Waals surface area contributed by atoms with E-state index in [1.807, 2.05) is 51.3 Å². The standard InChI is InChI=1S/C24H32N6O3S/c1-5-6-10-30-22(25)21(23(32)28-24(30)33)29(12-15(2)3)13-20(31)27-18-9-7-8-17(11-18)19-14-34-16(4)26-19/h7-9,11,14-15H,5-6,10,12-13,25H2,1-4H3,(H,27,31)(H,28,32,33). The van der Waals surface area contributed by atoms with E-state index in [4.69, 9.17) is 5.73 Å². The summed E-state index contributed by atoms with van der Waals surface area (Å²) in [4.78, 5) is 46.5. The Morgan fingerprint density at radius 3 is 2.74 bits per heavy atom. The molecule has 1 amide bonds. The Morgan fingerprint density at radius 2 is 2.09 bits per heavy atom. The molecule has 0 radical (unpaired) electrons. The van der Waals surface area contributed by atoms with Gasteiger partial charge in [-0.05, 0) is 31.4 Å². The van der Waals surface area contributed by atoms with Gasteiger partial charge in [0.2, 0.25) is 5.91 Å². The number of hydrogen-bond donors (Lipinski definition) is 3. The molecule has 0 aliphatic carbocycles. The second-order valence-corrected chi connectivity index (χ2v) is 9.72. The van der Waals surface area contributed by atoms with Crippen molar-refractivity contribution in [1.29, 1.82) is 0 Å². The summed E-state index contributed by atoms with van der Waals surface area (Å²) in [6.07, 6.45) is 1.62. The first kappa shape index (κ1) is 25.2. The molecule has 0 spiro atoms. The highest BCUT2D eigenvalue weighted by atomic mass is 32.1. The van der Waals surface area contributed by atoms with Crippen LogP contribution in [0.15, 0.2) is 39.2 Å². The number of hydrogen-bond acceptors (Lipinski definition) is 7. The van der Waals surface area contributed by atoms with Crippen LogP contribution in [-0.2, 0) is 11.3 Å². The fraction of sp³-hybridized carbons (Fsp3) is 0.417. The number of rotatable bonds is 10. The number of nitrogens with two attached hydrogens (primary N) is 1. The van der Waals surface area contributed by atoms with Crippen LogP contribution in [0.4, 0.5) is 17.2 Å². The lowest BCUT2D eigenvalue weighted by Crippen LogP contribution is -2.43. The van der Waals surface area contributed by atoms with Crippen molar-refractivity contribution in [2.45, 2.75) is 47.1 Å². The Balaban J connectivity index is 1.86. The third-order valence-corrected chi connectivity index (χ3v) is 6.02. The topological polar surface area (TPSA) is 126 Å². The number of carbonyl (C=O) groups is 1. The molecule has 4 N–H and O–H groups in total. The van der Waals surface area contributed by atoms with Crippen LogP contribution in [0.1, 0.15) is 38.6 Å². The largest absolute Gasteiger partial charge is 0.383 e. The first-order valence-corrected chi connectivity index (χ1v) is 12.3. The molecule has 0 fully saturated rings. The number of carbonyl (C=O) groups excluding carboxylic acids is 1. The predicted octanol–water partition coefficient (Wildman–Crippen LogP) is 3.45. The summed E-state index contributed by atoms with van der Waals surface area (Å²) in [7, 11) is 0. The lowest BCUT2D eigenvalue weighted by molar-refractivity contribution is -0.115. The average molecular weight is 485 g/mol. The molecular formula is C24H32N6O3S. The quantitative estimate of drug-likeness (QED) is 0.405. The zero-order valence-corrected chi connectivity index (χ0v) is 20.9. The molecule has 3 rings (SSSR count). The highest BCUT2D eigenvalue weighted by Crippen LogP contribution is 2.24. The lowest BCUT2D eigenvalue weighted by Gasteiger charge is -2.27. The molecule has 34 heavy (non-hydrogen) atoms. The number of benzene rings is 1. The molecule has 0 saturated heterocycles. The van der Waals surface area contributed by atoms with Gasteiger partial charge in [-0.15, -0.1) is 11.3 Å². The Kier molecular flexibility index (Phi) is 8.27. The van der Waals surface area contributed by atoms with Crippen LogP contribution in [0.25, 0.3) is 11.3 Å². The van der Waals surface area contributed by atoms with Crippen molar-refractivity contribution in [1.82, 2.24) is 14.5 Å². The van der Waals surface area contributed by atoms with Gasteiger partial charge in [0.1, 0.15) is 11.5 Å². The molecule has 0 aliphatic rings. The maximum Gasteiger partial charge on any atom is 0.330 e. The predicted molar refractivity (Wildman–Crippen MR) is 139 cm³/mol. The zero-order valence-electron chi connectivity index (χ0n) is 20.1. The van der Waals surface area contributed by atoms with Crippen molar-refractivity contribution in [3.05, 3.63) is 55.5 Å². The highest BCUT2D eigenvalue weighted by molar-refractivity contribution is 7.09. The fourth-order valence-electron chi connectivity index (χ4n) is 3.72. The van der Waals surface area contributed by atoms with Crippen molar-refractivity contribution in [2.75, 3.05) is 29.0 Å². The SMILES string of the molecule is CCCCn1c(N)c(N(CC(=O)Nc2cccc(-c3csc(C)n3)c2)CC(C)C)c(=O)[nH]c1=O. The Bertz CT molecular complexity index is 1260. The molecular weight excluding hydrogens is 452 g/mol. The lowest BCUT2D eigenvalue weighted by atomic mass is 10.1. The van der Waals surface area contributed by atoms with Gasteiger partial charge in [0.25, 0.3) is 5.56 Å². The number of aromatic amines is 1. The number of amides is 1. The van der Waals surface area contributed by atoms with Crippen LogP contribution in [0.3, 0.4) is 0 Å². The van der Waals surface area contributed by atoms with E-state index in [0.717, 1.165) is 29.1 Å². The summed E-state index contributed by atoms with van der Waals surface area (Å²) >= 11 is 1.57. The van der Waals surface area contributed by atoms with Crippen LogP contribution in [0.5, 0.6) is 0 Å². The van der Waals surface area contributed by atoms with Crippen molar-refractivity contribution >= 4 is 34.4 Å². The summed E-state index contributed by atoms with van der Waals surface area (Å²) in [5.74, 6) is -0.0623. The van der Waals surface area contributed by atoms with E-state index in [-0.39, 0.29) is 29.9 Å². The number of aryl methyl sites for hydroxylation is 1. The van der Waals surface area contributed by atoms with Gasteiger partial charge >= 0.3 is 5.69 Å². The molecule has 9 nitrogen and oxygen atoms in total. The normalized spacial score (nSPS) is 11.1. The second-order valence-electron chi connectivity index (χ2n) is 8.65. The number of nitrogen functional groups attached to an aromatic ring is 1. The van der Waals surface area contributed by atoms with Gasteiger partial charge in [-0.25, -0.2) is 9.78 Å². The van der Waals surface area contributed by atoms with Crippen molar-refractivity contribution in [3.63, 3.8) is 0 Å². The third-order valence-electron chi connectivity index (χ3n) is 5.25. The number of aromatic nitrogens is 3. The average Bonchev–Trinajstić information content (AvgIpc) is 3.19. The number of nitrogens with one attached hydrogen (secondary N) is 2. The van der Waals surface area contributed by atoms with Crippen LogP contribution in [0.2, 0.25) is 0 Å². The van der Waals surface area contributed by atoms with E-state index < -0.39 is 11.2 Å². The molecule has 0 saturated carbocycles. The molecule has 0 aliphatic heterocycles. The van der Waals surface area contributed by atoms with Gasteiger partial charge in [0.05, 0.1) is 17.2 Å². The summed E-state index contributed by atoms with van der Waals surface area (Å²) in [5.41, 5.74) is 7.69. The highest BCUT2D eigenvalue weighted by Gasteiger charge is 2.22. The number of unbranched alkanes of at least 4 members (excludes halogenated alkanes) is 1. The van der Waals surface area contributed by atoms with E-state index in [2.05, 4.69) is 15.3 Å². The minimum Gasteiger partial charge on any atom is -0.383 e. The van der Waals surface area contributed by atoms with E-state index in [9.17, 15) is 14.4 Å². The third kappa shape index (κ3) is 6.13. The van der Waals surface area contributed by atoms with Gasteiger partial charge < -0.3 is 16.0 Å². The second kappa shape index (κ2) is 11.1. The van der Waals surface area contributed by atoms with E-state index >= 15 is 0 Å². The molecule has 1 aromatic carbocycles. The summed E-state index contributed by atoms with van der Waals surface area (Å²) in [5, 5.41) is 5.85. The molecule has 0 unspecified atom stereocenters. The number of nitrogens with zero attached hydrogens (tertiary/aromatic N) is 3. The maximum absolute atomic E-state index is 13.0. The van der Waals surface area contributed by atoms with Crippen LogP contribution in [-0.4, -0.2) is 33.5 Å². The first-order chi connectivity index (χ1) is 16.2. The van der Waals surface area contributed by atoms with E-state index in [0.29, 0.717) is 18.8 Å². The molecule has 0 atom stereocenters. The van der Waals surface area contributed by atoms with Gasteiger partial charge in [-0.3, -0.25) is 19.1 Å². The minimum atomic E-state index is -0.593. The van der Waals surface area contributed by atoms with E-state index in [1.165, 1.54) is 4.57 Å². The van der Waals surface area contributed by atoms with Gasteiger partial charge in [0, 0.05) is 29.7 Å². The van der Waals surface area contributed by atoms with Crippen LogP contribution < -0.4 is 27.2 Å². The van der Waals surface area contributed by atoms with Crippen molar-refractivity contribution in [2.24, 2.45) is 5.92 Å². The molecule has 10 heteroatoms. The van der Waals surface area contributed by atoms with Crippen molar-refractivity contribution in [3.8, 4) is 11.3 Å². The van der Waals surface area contributed by atoms with Crippen LogP contribution in [0, 0.1) is 12.8 Å². The van der Waals surface area contributed by atoms with Crippen LogP contribution >= 0.6 is 11.3 Å². The first-order valence-electron chi connectivity index (χ1n) is 11.4. The number of H-pyrrole nitrogens is 1. The molecule has 2 heterocycles. The number of anilines is 3. The van der Waals surface area contributed by atoms with Gasteiger partial charge in [-0.1, -0.05) is 39.3 Å². The summed E-state index contributed by atoms with van der Waals surface area (Å²) in [6.45, 7) is 8.66. The van der Waals surface area contributed by atoms with E-state index in [1.54, 1.807) is 22.3 Å². The van der Waals surface area contributed by atoms with Gasteiger partial charge in [0.15, 0.2) is 0 Å². The molecule has 182 valence electrons. The number of thiazole rings is 1. The zero-order chi connectivity index (χ0) is 24.8. The molecule has 0 bridgehead atoms. The summed E-state index contributed by atoms with van der Waals surface area (Å²) < 4.78 is 1.37. The molecule has 3 aromatic rings. The van der Waals surface area contributed by atoms with Crippen molar-refractivity contribution < 1.29 is 4.79 Å². The Labute approximate surface area is 202 Å². The maximum atomic E-state index is 13.0.